The Balaban J connectivity index is 1.43. The average molecular weight is 251 g/mol. The third-order valence-electron chi connectivity index (χ3n) is 5.17. The maximum Gasteiger partial charge on any atom is -0.00187 e. The molecule has 1 aliphatic heterocycles. The molecule has 106 valence electrons. The molecule has 2 aliphatic rings. The van der Waals surface area contributed by atoms with Gasteiger partial charge in [0, 0.05) is 0 Å². The van der Waals surface area contributed by atoms with E-state index in [4.69, 9.17) is 0 Å². The van der Waals surface area contributed by atoms with Gasteiger partial charge in [0.2, 0.25) is 0 Å². The van der Waals surface area contributed by atoms with Crippen LogP contribution in [0.3, 0.4) is 0 Å². The molecule has 0 atom stereocenters. The Morgan fingerprint density at radius 3 is 2.28 bits per heavy atom. The van der Waals surface area contributed by atoms with Crippen molar-refractivity contribution in [3.63, 3.8) is 0 Å². The molecule has 1 heterocycles. The first-order chi connectivity index (χ1) is 8.84. The van der Waals surface area contributed by atoms with Crippen LogP contribution in [0.15, 0.2) is 0 Å². The third-order valence-corrected chi connectivity index (χ3v) is 5.17. The quantitative estimate of drug-likeness (QED) is 0.609. The summed E-state index contributed by atoms with van der Waals surface area (Å²) in [5, 5.41) is 0. The Hall–Kier alpha value is -0.0400. The molecule has 0 N–H and O–H groups in total. The SMILES string of the molecule is CC1CCC(CCCCCN2CCCCC2)CC1. The van der Waals surface area contributed by atoms with E-state index in [2.05, 4.69) is 11.8 Å². The van der Waals surface area contributed by atoms with E-state index in [1.807, 2.05) is 0 Å². The van der Waals surface area contributed by atoms with Crippen LogP contribution < -0.4 is 0 Å². The second-order valence-electron chi connectivity index (χ2n) is 6.88. The molecular weight excluding hydrogens is 218 g/mol. The molecule has 18 heavy (non-hydrogen) atoms. The minimum Gasteiger partial charge on any atom is -0.303 e. The van der Waals surface area contributed by atoms with Gasteiger partial charge < -0.3 is 4.90 Å². The van der Waals surface area contributed by atoms with Gasteiger partial charge in [-0.25, -0.2) is 0 Å². The summed E-state index contributed by atoms with van der Waals surface area (Å²) in [4.78, 5) is 2.69. The summed E-state index contributed by atoms with van der Waals surface area (Å²) in [5.41, 5.74) is 0. The van der Waals surface area contributed by atoms with Gasteiger partial charge >= 0.3 is 0 Å². The molecule has 1 aliphatic carbocycles. The number of hydrogen-bond donors (Lipinski definition) is 0. The van der Waals surface area contributed by atoms with Gasteiger partial charge in [0.05, 0.1) is 0 Å². The van der Waals surface area contributed by atoms with Crippen molar-refractivity contribution in [3.05, 3.63) is 0 Å². The van der Waals surface area contributed by atoms with Gasteiger partial charge in [-0.3, -0.25) is 0 Å². The average Bonchev–Trinajstić information content (AvgIpc) is 2.42. The number of nitrogens with zero attached hydrogens (tertiary/aromatic N) is 1. The van der Waals surface area contributed by atoms with Crippen LogP contribution in [0.1, 0.15) is 77.6 Å². The molecule has 0 radical (unpaired) electrons. The molecule has 2 rings (SSSR count). The van der Waals surface area contributed by atoms with Gasteiger partial charge in [-0.2, -0.15) is 0 Å². The molecule has 1 heteroatoms. The standard InChI is InChI=1S/C17H33N/c1-16-9-11-17(12-10-16)8-4-2-5-13-18-14-6-3-7-15-18/h16-17H,2-15H2,1H3. The van der Waals surface area contributed by atoms with Crippen LogP contribution in [0.25, 0.3) is 0 Å². The Labute approximate surface area is 114 Å². The fourth-order valence-corrected chi connectivity index (χ4v) is 3.75. The van der Waals surface area contributed by atoms with Gasteiger partial charge in [0.15, 0.2) is 0 Å². The molecule has 1 nitrogen and oxygen atoms in total. The van der Waals surface area contributed by atoms with E-state index >= 15 is 0 Å². The van der Waals surface area contributed by atoms with E-state index in [0.717, 1.165) is 11.8 Å². The maximum absolute atomic E-state index is 2.69. The lowest BCUT2D eigenvalue weighted by molar-refractivity contribution is 0.221. The second-order valence-corrected chi connectivity index (χ2v) is 6.88. The Bertz CT molecular complexity index is 200. The summed E-state index contributed by atoms with van der Waals surface area (Å²) in [5.74, 6) is 2.09. The van der Waals surface area contributed by atoms with Gasteiger partial charge in [-0.1, -0.05) is 58.3 Å². The molecule has 0 aromatic heterocycles. The fourth-order valence-electron chi connectivity index (χ4n) is 3.75. The lowest BCUT2D eigenvalue weighted by Crippen LogP contribution is -2.30. The van der Waals surface area contributed by atoms with Crippen LogP contribution in [0.5, 0.6) is 0 Å². The molecule has 0 aromatic carbocycles. The predicted molar refractivity (Wildman–Crippen MR) is 79.9 cm³/mol. The summed E-state index contributed by atoms with van der Waals surface area (Å²) >= 11 is 0. The summed E-state index contributed by atoms with van der Waals surface area (Å²) < 4.78 is 0. The first-order valence-corrected chi connectivity index (χ1v) is 8.57. The van der Waals surface area contributed by atoms with E-state index in [1.165, 1.54) is 90.3 Å². The van der Waals surface area contributed by atoms with Crippen LogP contribution in [0.4, 0.5) is 0 Å². The largest absolute Gasteiger partial charge is 0.303 e. The zero-order valence-corrected chi connectivity index (χ0v) is 12.5. The molecule has 0 aromatic rings. The monoisotopic (exact) mass is 251 g/mol. The highest BCUT2D eigenvalue weighted by Gasteiger charge is 2.17. The summed E-state index contributed by atoms with van der Waals surface area (Å²) in [7, 11) is 0. The number of likely N-dealkylation sites (tertiary alicyclic amines) is 1. The fraction of sp³-hybridized carbons (Fsp3) is 1.00. The van der Waals surface area contributed by atoms with E-state index in [0.29, 0.717) is 0 Å². The van der Waals surface area contributed by atoms with E-state index in [1.54, 1.807) is 0 Å². The van der Waals surface area contributed by atoms with Gasteiger partial charge in [-0.15, -0.1) is 0 Å². The summed E-state index contributed by atoms with van der Waals surface area (Å²) in [6, 6.07) is 0. The van der Waals surface area contributed by atoms with Crippen molar-refractivity contribution in [1.82, 2.24) is 4.90 Å². The van der Waals surface area contributed by atoms with Crippen molar-refractivity contribution in [3.8, 4) is 0 Å². The van der Waals surface area contributed by atoms with E-state index in [9.17, 15) is 0 Å². The first kappa shape index (κ1) is 14.4. The van der Waals surface area contributed by atoms with Gasteiger partial charge in [0.1, 0.15) is 0 Å². The van der Waals surface area contributed by atoms with Crippen molar-refractivity contribution in [2.24, 2.45) is 11.8 Å². The molecule has 1 saturated carbocycles. The maximum atomic E-state index is 2.69. The molecule has 0 amide bonds. The lowest BCUT2D eigenvalue weighted by atomic mass is 9.80. The minimum atomic E-state index is 1.01. The predicted octanol–water partition coefficient (Wildman–Crippen LogP) is 4.86. The van der Waals surface area contributed by atoms with Crippen molar-refractivity contribution in [2.45, 2.75) is 77.6 Å². The number of piperidine rings is 1. The third kappa shape index (κ3) is 5.30. The highest BCUT2D eigenvalue weighted by Crippen LogP contribution is 2.31. The van der Waals surface area contributed by atoms with Crippen molar-refractivity contribution >= 4 is 0 Å². The first-order valence-electron chi connectivity index (χ1n) is 8.57. The topological polar surface area (TPSA) is 3.24 Å². The number of unbranched alkanes of at least 4 members (excludes halogenated alkanes) is 2. The van der Waals surface area contributed by atoms with Crippen molar-refractivity contribution in [2.75, 3.05) is 19.6 Å². The Morgan fingerprint density at radius 1 is 0.833 bits per heavy atom. The van der Waals surface area contributed by atoms with Crippen LogP contribution >= 0.6 is 0 Å². The number of rotatable bonds is 6. The molecule has 2 fully saturated rings. The molecular formula is C17H33N. The smallest absolute Gasteiger partial charge is 0.00187 e. The van der Waals surface area contributed by atoms with E-state index in [-0.39, 0.29) is 0 Å². The number of hydrogen-bond acceptors (Lipinski definition) is 1. The van der Waals surface area contributed by atoms with Crippen LogP contribution in [-0.2, 0) is 0 Å². The minimum absolute atomic E-state index is 1.01. The zero-order valence-electron chi connectivity index (χ0n) is 12.5. The van der Waals surface area contributed by atoms with Crippen LogP contribution in [0.2, 0.25) is 0 Å². The highest BCUT2D eigenvalue weighted by atomic mass is 15.1. The van der Waals surface area contributed by atoms with Crippen LogP contribution in [-0.4, -0.2) is 24.5 Å². The highest BCUT2D eigenvalue weighted by molar-refractivity contribution is 4.70. The lowest BCUT2D eigenvalue weighted by Gasteiger charge is -2.27. The normalized spacial score (nSPS) is 30.5. The molecule has 0 unspecified atom stereocenters. The van der Waals surface area contributed by atoms with Gasteiger partial charge in [-0.05, 0) is 50.7 Å². The zero-order chi connectivity index (χ0) is 12.6. The molecule has 0 spiro atoms. The van der Waals surface area contributed by atoms with Crippen molar-refractivity contribution in [1.29, 1.82) is 0 Å². The van der Waals surface area contributed by atoms with Crippen LogP contribution in [0, 0.1) is 11.8 Å². The van der Waals surface area contributed by atoms with E-state index < -0.39 is 0 Å². The summed E-state index contributed by atoms with van der Waals surface area (Å²) in [6.07, 6.45) is 16.3. The second kappa shape index (κ2) is 8.19. The Morgan fingerprint density at radius 2 is 1.56 bits per heavy atom. The molecule has 1 saturated heterocycles. The summed E-state index contributed by atoms with van der Waals surface area (Å²) in [6.45, 7) is 6.55. The molecule has 0 bridgehead atoms. The van der Waals surface area contributed by atoms with Gasteiger partial charge in [0.25, 0.3) is 0 Å². The van der Waals surface area contributed by atoms with Crippen molar-refractivity contribution < 1.29 is 0 Å². The Kier molecular flexibility index (Phi) is 6.54.